The molecule has 0 saturated heterocycles. The zero-order valence-electron chi connectivity index (χ0n) is 22.1. The van der Waals surface area contributed by atoms with Gasteiger partial charge in [0.2, 0.25) is 0 Å². The molecule has 2 aromatic heterocycles. The molecule has 196 valence electrons. The van der Waals surface area contributed by atoms with Gasteiger partial charge in [-0.2, -0.15) is 0 Å². The summed E-state index contributed by atoms with van der Waals surface area (Å²) in [5, 5.41) is 20.0. The van der Waals surface area contributed by atoms with Gasteiger partial charge in [-0.25, -0.2) is 19.9 Å². The number of aliphatic hydroxyl groups excluding tert-OH is 2. The molecule has 35 heavy (non-hydrogen) atoms. The molecule has 0 amide bonds. The van der Waals surface area contributed by atoms with Gasteiger partial charge in [0, 0.05) is 40.4 Å². The largest absolute Gasteiger partial charge is 0.391 e. The summed E-state index contributed by atoms with van der Waals surface area (Å²) in [5.74, 6) is 2.63. The van der Waals surface area contributed by atoms with E-state index >= 15 is 0 Å². The predicted octanol–water partition coefficient (Wildman–Crippen LogP) is 1.30. The van der Waals surface area contributed by atoms with E-state index in [-0.39, 0.29) is 13.2 Å². The molecule has 2 aromatic rings. The maximum atomic E-state index is 9.98. The van der Waals surface area contributed by atoms with E-state index in [1.165, 1.54) is 0 Å². The summed E-state index contributed by atoms with van der Waals surface area (Å²) < 4.78 is 12.3. The lowest BCUT2D eigenvalue weighted by molar-refractivity contribution is -0.935. The Morgan fingerprint density at radius 1 is 0.714 bits per heavy atom. The normalized spacial score (nSPS) is 19.4. The Morgan fingerprint density at radius 2 is 1.09 bits per heavy atom. The van der Waals surface area contributed by atoms with E-state index in [0.717, 1.165) is 37.8 Å². The van der Waals surface area contributed by atoms with Crippen molar-refractivity contribution in [3.8, 4) is 0 Å². The molecule has 2 atom stereocenters. The van der Waals surface area contributed by atoms with Crippen molar-refractivity contribution in [3.63, 3.8) is 0 Å². The first-order valence-corrected chi connectivity index (χ1v) is 12.7. The lowest BCUT2D eigenvalue weighted by Crippen LogP contribution is -2.56. The van der Waals surface area contributed by atoms with Crippen LogP contribution in [0.1, 0.15) is 51.6 Å². The molecular weight excluding hydrogens is 450 g/mol. The third kappa shape index (κ3) is 5.49. The molecule has 0 radical (unpaired) electrons. The number of quaternary nitrogens is 1. The van der Waals surface area contributed by atoms with Gasteiger partial charge in [0.05, 0.1) is 13.2 Å². The first kappa shape index (κ1) is 27.4. The molecule has 4 heterocycles. The first-order chi connectivity index (χ1) is 16.9. The zero-order chi connectivity index (χ0) is 25.6. The number of aromatic nitrogens is 4. The van der Waals surface area contributed by atoms with Crippen LogP contribution in [-0.4, -0.2) is 114 Å². The molecule has 2 N–H and O–H groups in total. The fraction of sp³-hybridized carbons (Fsp3) is 0.750. The molecular formula is C24H42N7O4+. The van der Waals surface area contributed by atoms with Crippen LogP contribution in [0.2, 0.25) is 0 Å². The van der Waals surface area contributed by atoms with Crippen molar-refractivity contribution in [2.75, 3.05) is 89.6 Å². The summed E-state index contributed by atoms with van der Waals surface area (Å²) in [7, 11) is 3.30. The van der Waals surface area contributed by atoms with Crippen LogP contribution < -0.4 is 9.80 Å². The monoisotopic (exact) mass is 492 g/mol. The van der Waals surface area contributed by atoms with E-state index in [1.54, 1.807) is 14.2 Å². The predicted molar refractivity (Wildman–Crippen MR) is 136 cm³/mol. The van der Waals surface area contributed by atoms with E-state index in [1.807, 2.05) is 0 Å². The molecule has 11 heteroatoms. The third-order valence-corrected chi connectivity index (χ3v) is 7.07. The van der Waals surface area contributed by atoms with Crippen LogP contribution in [0.4, 0.5) is 11.6 Å². The third-order valence-electron chi connectivity index (χ3n) is 7.07. The second kappa shape index (κ2) is 12.2. The summed E-state index contributed by atoms with van der Waals surface area (Å²) in [4.78, 5) is 24.3. The van der Waals surface area contributed by atoms with Crippen LogP contribution in [0.15, 0.2) is 0 Å². The molecule has 0 saturated carbocycles. The fourth-order valence-electron chi connectivity index (χ4n) is 5.00. The molecule has 0 fully saturated rings. The number of methoxy groups -OCH3 is 2. The van der Waals surface area contributed by atoms with Crippen molar-refractivity contribution in [1.29, 1.82) is 0 Å². The van der Waals surface area contributed by atoms with Gasteiger partial charge in [0.15, 0.2) is 35.5 Å². The molecule has 4 bridgehead atoms. The van der Waals surface area contributed by atoms with Crippen molar-refractivity contribution in [2.45, 2.75) is 39.9 Å². The zero-order valence-corrected chi connectivity index (χ0v) is 22.1. The summed E-state index contributed by atoms with van der Waals surface area (Å²) in [6.07, 6.45) is -0.907. The van der Waals surface area contributed by atoms with Gasteiger partial charge in [0.1, 0.15) is 37.2 Å². The highest BCUT2D eigenvalue weighted by Crippen LogP contribution is 2.35. The highest BCUT2D eigenvalue weighted by atomic mass is 16.5. The van der Waals surface area contributed by atoms with E-state index in [9.17, 15) is 10.2 Å². The van der Waals surface area contributed by atoms with Crippen LogP contribution in [0.3, 0.4) is 0 Å². The second-order valence-electron chi connectivity index (χ2n) is 8.90. The van der Waals surface area contributed by atoms with Gasteiger partial charge in [-0.3, -0.25) is 0 Å². The quantitative estimate of drug-likeness (QED) is 0.420. The van der Waals surface area contributed by atoms with Crippen LogP contribution in [0, 0.1) is 0 Å². The van der Waals surface area contributed by atoms with Gasteiger partial charge < -0.3 is 34.0 Å². The minimum Gasteiger partial charge on any atom is -0.391 e. The number of rotatable bonds is 12. The number of aliphatic hydroxyl groups is 2. The van der Waals surface area contributed by atoms with Crippen LogP contribution in [-0.2, 0) is 9.47 Å². The molecule has 2 unspecified atom stereocenters. The van der Waals surface area contributed by atoms with E-state index in [4.69, 9.17) is 29.4 Å². The van der Waals surface area contributed by atoms with Crippen LogP contribution in [0.5, 0.6) is 0 Å². The van der Waals surface area contributed by atoms with Crippen molar-refractivity contribution in [2.24, 2.45) is 0 Å². The minimum atomic E-state index is -0.453. The van der Waals surface area contributed by atoms with Crippen LogP contribution in [0.25, 0.3) is 11.0 Å². The molecule has 2 aliphatic rings. The van der Waals surface area contributed by atoms with E-state index in [0.29, 0.717) is 53.3 Å². The average molecular weight is 493 g/mol. The standard InChI is InChI=1S/C24H42N7O4/c1-7-29(8-2)23-19-20-24(30(9-3)10-4)28-22(25-19)18(35-6)16-31(11-13-32,12-14-33)15-17(34-5)21(26-20)27-23/h17-18,32-33H,7-16H2,1-6H3/q+1. The maximum Gasteiger partial charge on any atom is 0.166 e. The Balaban J connectivity index is 2.43. The maximum absolute atomic E-state index is 9.98. The van der Waals surface area contributed by atoms with E-state index in [2.05, 4.69) is 37.5 Å². The number of hydrogen-bond donors (Lipinski definition) is 2. The topological polar surface area (TPSA) is 117 Å². The Bertz CT molecular complexity index is 891. The molecule has 4 rings (SSSR count). The van der Waals surface area contributed by atoms with Crippen molar-refractivity contribution < 1.29 is 24.2 Å². The second-order valence-corrected chi connectivity index (χ2v) is 8.90. The number of hydrogen-bond acceptors (Lipinski definition) is 10. The fourth-order valence-corrected chi connectivity index (χ4v) is 5.00. The molecule has 0 aromatic carbocycles. The van der Waals surface area contributed by atoms with Gasteiger partial charge in [0.25, 0.3) is 0 Å². The summed E-state index contributed by atoms with van der Waals surface area (Å²) >= 11 is 0. The van der Waals surface area contributed by atoms with Gasteiger partial charge in [-0.1, -0.05) is 0 Å². The van der Waals surface area contributed by atoms with Crippen LogP contribution >= 0.6 is 0 Å². The molecule has 11 nitrogen and oxygen atoms in total. The van der Waals surface area contributed by atoms with Crippen molar-refractivity contribution in [1.82, 2.24) is 19.9 Å². The van der Waals surface area contributed by atoms with E-state index < -0.39 is 12.2 Å². The smallest absolute Gasteiger partial charge is 0.166 e. The first-order valence-electron chi connectivity index (χ1n) is 12.7. The van der Waals surface area contributed by atoms with Crippen molar-refractivity contribution in [3.05, 3.63) is 11.6 Å². The minimum absolute atomic E-state index is 0.0392. The number of fused-ring (bicyclic) bond motifs is 6. The van der Waals surface area contributed by atoms with Crippen molar-refractivity contribution >= 4 is 22.7 Å². The Hall–Kier alpha value is -2.18. The SMILES string of the molecule is CCN(CC)c1nc2nc3c(N(CC)CC)nc(nc13)C(OC)C[N+](CCO)(CCO)CC2OC. The lowest BCUT2D eigenvalue weighted by atomic mass is 10.1. The number of nitrogens with zero attached hydrogens (tertiary/aromatic N) is 7. The summed E-state index contributed by atoms with van der Waals surface area (Å²) in [5.41, 5.74) is 1.40. The Labute approximate surface area is 208 Å². The Kier molecular flexibility index (Phi) is 9.54. The highest BCUT2D eigenvalue weighted by molar-refractivity contribution is 5.93. The van der Waals surface area contributed by atoms with Gasteiger partial charge in [-0.05, 0) is 27.7 Å². The number of ether oxygens (including phenoxy) is 2. The average Bonchev–Trinajstić information content (AvgIpc) is 2.91. The van der Waals surface area contributed by atoms with Gasteiger partial charge in [-0.15, -0.1) is 0 Å². The molecule has 2 aliphatic heterocycles. The van der Waals surface area contributed by atoms with Gasteiger partial charge >= 0.3 is 0 Å². The summed E-state index contributed by atoms with van der Waals surface area (Å²) in [6.45, 7) is 13.2. The summed E-state index contributed by atoms with van der Waals surface area (Å²) in [6, 6.07) is 0. The lowest BCUT2D eigenvalue weighted by Gasteiger charge is -2.41. The molecule has 0 aliphatic carbocycles. The highest BCUT2D eigenvalue weighted by Gasteiger charge is 2.39. The number of anilines is 2. The Morgan fingerprint density at radius 3 is 1.37 bits per heavy atom. The molecule has 0 spiro atoms.